The van der Waals surface area contributed by atoms with Crippen molar-refractivity contribution in [2.24, 2.45) is 0 Å². The van der Waals surface area contributed by atoms with E-state index < -0.39 is 12.0 Å². The minimum absolute atomic E-state index is 0.316. The fourth-order valence-electron chi connectivity index (χ4n) is 3.75. The van der Waals surface area contributed by atoms with Crippen LogP contribution in [0.5, 0.6) is 0 Å². The molecule has 9 heteroatoms. The molecule has 0 amide bonds. The van der Waals surface area contributed by atoms with Crippen LogP contribution in [0.15, 0.2) is 67.1 Å². The molecule has 2 aromatic carbocycles. The Hall–Kier alpha value is -3.79. The molecule has 0 aliphatic rings. The highest BCUT2D eigenvalue weighted by atomic mass is 32.1. The minimum Gasteiger partial charge on any atom is -0.468 e. The number of aromatic amines is 1. The van der Waals surface area contributed by atoms with Gasteiger partial charge in [-0.05, 0) is 41.5 Å². The number of thiophene rings is 1. The molecule has 3 aromatic heterocycles. The number of esters is 1. The molecule has 0 aliphatic carbocycles. The number of hydrogen-bond donors (Lipinski definition) is 4. The summed E-state index contributed by atoms with van der Waals surface area (Å²) in [5, 5.41) is 16.9. The summed E-state index contributed by atoms with van der Waals surface area (Å²) in [6, 6.07) is 17.6. The normalized spacial score (nSPS) is 12.2. The lowest BCUT2D eigenvalue weighted by Gasteiger charge is -2.13. The van der Waals surface area contributed by atoms with Gasteiger partial charge in [0.2, 0.25) is 0 Å². The zero-order valence-electron chi connectivity index (χ0n) is 18.4. The second kappa shape index (κ2) is 9.60. The zero-order chi connectivity index (χ0) is 23.5. The molecule has 0 bridgehead atoms. The van der Waals surface area contributed by atoms with Crippen LogP contribution in [0.2, 0.25) is 0 Å². The predicted octanol–water partition coefficient (Wildman–Crippen LogP) is 4.21. The second-order valence-electron chi connectivity index (χ2n) is 7.79. The average Bonchev–Trinajstić information content (AvgIpc) is 3.52. The van der Waals surface area contributed by atoms with E-state index in [0.717, 1.165) is 48.6 Å². The molecule has 3 heterocycles. The van der Waals surface area contributed by atoms with Crippen molar-refractivity contribution in [3.05, 3.63) is 72.7 Å². The first-order valence-electron chi connectivity index (χ1n) is 10.7. The van der Waals surface area contributed by atoms with E-state index in [4.69, 9.17) is 0 Å². The van der Waals surface area contributed by atoms with Crippen LogP contribution in [0.3, 0.4) is 0 Å². The largest absolute Gasteiger partial charge is 0.468 e. The monoisotopic (exact) mass is 473 g/mol. The Bertz CT molecular complexity index is 1440. The van der Waals surface area contributed by atoms with Gasteiger partial charge in [-0.25, -0.2) is 9.97 Å². The SMILES string of the molecule is COC(=O)C(CO)NCc1ccc(-c2cc3ncnc(Nc4ccc5[nH]ccc5c4)c3s2)cc1. The van der Waals surface area contributed by atoms with Crippen LogP contribution in [0.4, 0.5) is 11.5 Å². The van der Waals surface area contributed by atoms with E-state index >= 15 is 0 Å². The maximum atomic E-state index is 11.6. The minimum atomic E-state index is -0.741. The summed E-state index contributed by atoms with van der Waals surface area (Å²) in [4.78, 5) is 24.8. The summed E-state index contributed by atoms with van der Waals surface area (Å²) in [6.07, 6.45) is 3.50. The molecule has 1 unspecified atom stereocenters. The number of rotatable bonds is 8. The van der Waals surface area contributed by atoms with E-state index in [1.54, 1.807) is 17.7 Å². The highest BCUT2D eigenvalue weighted by Crippen LogP contribution is 2.36. The number of hydrogen-bond acceptors (Lipinski definition) is 8. The summed E-state index contributed by atoms with van der Waals surface area (Å²) in [7, 11) is 1.30. The topological polar surface area (TPSA) is 112 Å². The molecular weight excluding hydrogens is 450 g/mol. The lowest BCUT2D eigenvalue weighted by atomic mass is 10.1. The molecule has 5 aromatic rings. The number of nitrogens with one attached hydrogen (secondary N) is 3. The summed E-state index contributed by atoms with van der Waals surface area (Å²) >= 11 is 1.63. The van der Waals surface area contributed by atoms with E-state index in [0.29, 0.717) is 6.54 Å². The summed E-state index contributed by atoms with van der Waals surface area (Å²) in [5.41, 5.74) is 5.00. The molecule has 4 N–H and O–H groups in total. The standard InChI is InChI=1S/C25H23N5O3S/c1-33-25(32)21(13-31)27-12-15-2-4-16(5-3-15)22-11-20-23(34-22)24(29-14-28-20)30-18-6-7-19-17(10-18)8-9-26-19/h2-11,14,21,26-27,31H,12-13H2,1H3,(H,28,29,30). The van der Waals surface area contributed by atoms with Crippen LogP contribution in [0, 0.1) is 0 Å². The number of anilines is 2. The van der Waals surface area contributed by atoms with Crippen molar-refractivity contribution in [1.82, 2.24) is 20.3 Å². The molecule has 172 valence electrons. The molecule has 0 spiro atoms. The van der Waals surface area contributed by atoms with Gasteiger partial charge in [-0.3, -0.25) is 10.1 Å². The van der Waals surface area contributed by atoms with E-state index in [2.05, 4.69) is 42.5 Å². The highest BCUT2D eigenvalue weighted by Gasteiger charge is 2.17. The number of H-pyrrole nitrogens is 1. The van der Waals surface area contributed by atoms with Crippen molar-refractivity contribution in [3.8, 4) is 10.4 Å². The first-order chi connectivity index (χ1) is 16.6. The molecule has 1 atom stereocenters. The molecule has 34 heavy (non-hydrogen) atoms. The quantitative estimate of drug-likeness (QED) is 0.250. The fourth-order valence-corrected chi connectivity index (χ4v) is 4.81. The molecule has 8 nitrogen and oxygen atoms in total. The van der Waals surface area contributed by atoms with Crippen LogP contribution in [0.25, 0.3) is 31.6 Å². The first kappa shape index (κ1) is 22.0. The van der Waals surface area contributed by atoms with E-state index in [1.807, 2.05) is 48.7 Å². The smallest absolute Gasteiger partial charge is 0.325 e. The molecule has 0 aliphatic heterocycles. The third-order valence-corrected chi connectivity index (χ3v) is 6.77. The van der Waals surface area contributed by atoms with Crippen molar-refractivity contribution in [2.45, 2.75) is 12.6 Å². The van der Waals surface area contributed by atoms with Gasteiger partial charge in [0, 0.05) is 34.2 Å². The third-order valence-electron chi connectivity index (χ3n) is 5.59. The number of benzene rings is 2. The predicted molar refractivity (Wildman–Crippen MR) is 134 cm³/mol. The van der Waals surface area contributed by atoms with E-state index in [-0.39, 0.29) is 6.61 Å². The van der Waals surface area contributed by atoms with Crippen molar-refractivity contribution < 1.29 is 14.6 Å². The molecule has 5 rings (SSSR count). The van der Waals surface area contributed by atoms with Crippen LogP contribution < -0.4 is 10.6 Å². The third kappa shape index (κ3) is 4.49. The Labute approximate surface area is 199 Å². The molecule has 0 saturated heterocycles. The van der Waals surface area contributed by atoms with Crippen molar-refractivity contribution >= 4 is 49.9 Å². The maximum absolute atomic E-state index is 11.6. The van der Waals surface area contributed by atoms with Gasteiger partial charge in [-0.2, -0.15) is 0 Å². The second-order valence-corrected chi connectivity index (χ2v) is 8.84. The Morgan fingerprint density at radius 2 is 2.00 bits per heavy atom. The van der Waals surface area contributed by atoms with Gasteiger partial charge in [-0.15, -0.1) is 11.3 Å². The Balaban J connectivity index is 1.34. The number of aliphatic hydroxyl groups excluding tert-OH is 1. The lowest BCUT2D eigenvalue weighted by molar-refractivity contribution is -0.144. The fraction of sp³-hybridized carbons (Fsp3) is 0.160. The van der Waals surface area contributed by atoms with Crippen LogP contribution in [-0.4, -0.2) is 45.8 Å². The number of fused-ring (bicyclic) bond motifs is 2. The number of ether oxygens (including phenoxy) is 1. The van der Waals surface area contributed by atoms with Crippen LogP contribution in [0.1, 0.15) is 5.56 Å². The summed E-state index contributed by atoms with van der Waals surface area (Å²) in [5.74, 6) is 0.290. The van der Waals surface area contributed by atoms with Gasteiger partial charge in [-0.1, -0.05) is 24.3 Å². The number of methoxy groups -OCH3 is 1. The Morgan fingerprint density at radius 1 is 1.15 bits per heavy atom. The van der Waals surface area contributed by atoms with Crippen molar-refractivity contribution in [2.75, 3.05) is 19.0 Å². The maximum Gasteiger partial charge on any atom is 0.325 e. The van der Waals surface area contributed by atoms with Crippen LogP contribution in [-0.2, 0) is 16.1 Å². The van der Waals surface area contributed by atoms with Crippen molar-refractivity contribution in [1.29, 1.82) is 0 Å². The van der Waals surface area contributed by atoms with Gasteiger partial charge in [0.15, 0.2) is 5.82 Å². The lowest BCUT2D eigenvalue weighted by Crippen LogP contribution is -2.40. The zero-order valence-corrected chi connectivity index (χ0v) is 19.2. The van der Waals surface area contributed by atoms with E-state index in [1.165, 1.54) is 7.11 Å². The summed E-state index contributed by atoms with van der Waals surface area (Å²) in [6.45, 7) is 0.126. The van der Waals surface area contributed by atoms with Gasteiger partial charge < -0.3 is 20.1 Å². The molecular formula is C25H23N5O3S. The van der Waals surface area contributed by atoms with Gasteiger partial charge in [0.1, 0.15) is 12.4 Å². The number of carbonyl (C=O) groups is 1. The summed E-state index contributed by atoms with van der Waals surface area (Å²) < 4.78 is 5.67. The van der Waals surface area contributed by atoms with Gasteiger partial charge in [0.25, 0.3) is 0 Å². The molecule has 0 saturated carbocycles. The van der Waals surface area contributed by atoms with E-state index in [9.17, 15) is 9.90 Å². The first-order valence-corrected chi connectivity index (χ1v) is 11.6. The molecule has 0 radical (unpaired) electrons. The highest BCUT2D eigenvalue weighted by molar-refractivity contribution is 7.22. The number of carbonyl (C=O) groups excluding carboxylic acids is 1. The number of aromatic nitrogens is 3. The number of aliphatic hydroxyl groups is 1. The Morgan fingerprint density at radius 3 is 2.79 bits per heavy atom. The van der Waals surface area contributed by atoms with Gasteiger partial charge >= 0.3 is 5.97 Å². The van der Waals surface area contributed by atoms with Gasteiger partial charge in [0.05, 0.1) is 23.9 Å². The average molecular weight is 474 g/mol. The molecule has 0 fully saturated rings. The Kier molecular flexibility index (Phi) is 6.22. The number of nitrogens with zero attached hydrogens (tertiary/aromatic N) is 2. The van der Waals surface area contributed by atoms with Crippen molar-refractivity contribution in [3.63, 3.8) is 0 Å². The van der Waals surface area contributed by atoms with Crippen LogP contribution >= 0.6 is 11.3 Å².